The minimum Gasteiger partial charge on any atom is -0.463 e. The van der Waals surface area contributed by atoms with Crippen molar-refractivity contribution in [2.75, 3.05) is 0 Å². The van der Waals surface area contributed by atoms with Gasteiger partial charge in [0.1, 0.15) is 5.82 Å². The van der Waals surface area contributed by atoms with Crippen LogP contribution in [0.1, 0.15) is 44.5 Å². The zero-order valence-corrected chi connectivity index (χ0v) is 20.7. The van der Waals surface area contributed by atoms with Crippen molar-refractivity contribution in [3.63, 3.8) is 0 Å². The van der Waals surface area contributed by atoms with Crippen LogP contribution >= 0.6 is 0 Å². The van der Waals surface area contributed by atoms with E-state index in [4.69, 9.17) is 4.74 Å². The molecule has 0 aliphatic heterocycles. The van der Waals surface area contributed by atoms with Crippen LogP contribution in [0.2, 0.25) is 0 Å². The molecule has 0 saturated carbocycles. The average Bonchev–Trinajstić information content (AvgIpc) is 3.18. The third-order valence-corrected chi connectivity index (χ3v) is 5.77. The van der Waals surface area contributed by atoms with Crippen molar-refractivity contribution in [1.29, 1.82) is 0 Å². The minimum absolute atomic E-state index is 0.00178. The number of hydrogen-bond acceptors (Lipinski definition) is 6. The van der Waals surface area contributed by atoms with Gasteiger partial charge in [-0.15, -0.1) is 0 Å². The number of imidazole rings is 1. The van der Waals surface area contributed by atoms with Crippen LogP contribution in [0, 0.1) is 0 Å². The number of fused-ring (bicyclic) bond motifs is 1. The lowest BCUT2D eigenvalue weighted by molar-refractivity contribution is -0.173. The highest BCUT2D eigenvalue weighted by Gasteiger charge is 2.38. The molecule has 3 aromatic rings. The van der Waals surface area contributed by atoms with Crippen molar-refractivity contribution in [3.05, 3.63) is 62.6 Å². The van der Waals surface area contributed by atoms with Crippen LogP contribution in [-0.4, -0.2) is 42.8 Å². The lowest BCUT2D eigenvalue weighted by Gasteiger charge is -2.13. The minimum atomic E-state index is -5.08. The highest BCUT2D eigenvalue weighted by Crippen LogP contribution is 2.17. The molecule has 0 fully saturated rings. The van der Waals surface area contributed by atoms with Crippen LogP contribution in [0.15, 0.2) is 39.9 Å². The number of unbranched alkanes of at least 4 members (excludes halogenated alkanes) is 1. The number of nitrogens with one attached hydrogen (secondary N) is 1. The number of ether oxygens (including phenoxy) is 1. The van der Waals surface area contributed by atoms with E-state index >= 15 is 0 Å². The van der Waals surface area contributed by atoms with Crippen molar-refractivity contribution >= 4 is 23.0 Å². The van der Waals surface area contributed by atoms with Gasteiger partial charge < -0.3 is 14.6 Å². The number of carbonyl (C=O) groups excluding carboxylic acids is 2. The van der Waals surface area contributed by atoms with Crippen molar-refractivity contribution in [3.8, 4) is 0 Å². The summed E-state index contributed by atoms with van der Waals surface area (Å²) in [5, 5.41) is 1.78. The molecule has 1 aromatic carbocycles. The fourth-order valence-corrected chi connectivity index (χ4v) is 3.99. The molecule has 1 unspecified atom stereocenters. The molecule has 0 aliphatic rings. The Bertz CT molecular complexity index is 1390. The largest absolute Gasteiger partial charge is 0.471 e. The van der Waals surface area contributed by atoms with Crippen molar-refractivity contribution in [1.82, 2.24) is 24.0 Å². The molecule has 1 amide bonds. The zero-order chi connectivity index (χ0) is 27.3. The number of rotatable bonds is 10. The highest BCUT2D eigenvalue weighted by molar-refractivity contribution is 5.81. The number of carbonyl (C=O) groups is 2. The van der Waals surface area contributed by atoms with E-state index in [1.54, 1.807) is 42.6 Å². The molecular weight excluding hydrogens is 495 g/mol. The van der Waals surface area contributed by atoms with E-state index < -0.39 is 35.8 Å². The number of esters is 1. The smallest absolute Gasteiger partial charge is 0.463 e. The van der Waals surface area contributed by atoms with Gasteiger partial charge in [0.2, 0.25) is 0 Å². The molecule has 200 valence electrons. The number of amides is 1. The van der Waals surface area contributed by atoms with E-state index in [2.05, 4.69) is 4.98 Å². The Morgan fingerprint density at radius 3 is 2.41 bits per heavy atom. The quantitative estimate of drug-likeness (QED) is 0.322. The van der Waals surface area contributed by atoms with Crippen LogP contribution in [0.3, 0.4) is 0 Å². The molecule has 0 saturated heterocycles. The molecule has 37 heavy (non-hydrogen) atoms. The molecule has 0 radical (unpaired) electrons. The second-order valence-corrected chi connectivity index (χ2v) is 8.67. The Morgan fingerprint density at radius 1 is 1.11 bits per heavy atom. The summed E-state index contributed by atoms with van der Waals surface area (Å²) in [7, 11) is 1.42. The van der Waals surface area contributed by atoms with Gasteiger partial charge in [-0.3, -0.25) is 23.5 Å². The Labute approximate surface area is 209 Å². The Balaban J connectivity index is 1.98. The number of alkyl halides is 3. The molecule has 3 rings (SSSR count). The molecule has 1 atom stereocenters. The van der Waals surface area contributed by atoms with Gasteiger partial charge in [0.25, 0.3) is 5.56 Å². The maximum absolute atomic E-state index is 13.4. The van der Waals surface area contributed by atoms with Crippen molar-refractivity contribution in [2.45, 2.75) is 65.0 Å². The standard InChI is InChI=1S/C24H28F3N5O5/c1-15(37-16(2)33)9-7-8-12-31-21(34)19-20(30(3)23(31)36)29-18(13-28-22(35)24(25,26)27)32(19)14-17-10-5-4-6-11-17/h4-6,10-11,15H,7-9,12-14H2,1-3H3,(H,28,35). The van der Waals surface area contributed by atoms with Gasteiger partial charge in [-0.1, -0.05) is 30.3 Å². The van der Waals surface area contributed by atoms with E-state index in [1.165, 1.54) is 18.5 Å². The number of nitrogens with zero attached hydrogens (tertiary/aromatic N) is 4. The third-order valence-electron chi connectivity index (χ3n) is 5.77. The van der Waals surface area contributed by atoms with Crippen LogP contribution in [-0.2, 0) is 41.0 Å². The van der Waals surface area contributed by atoms with E-state index in [1.807, 2.05) is 0 Å². The number of benzene rings is 1. The molecule has 0 spiro atoms. The lowest BCUT2D eigenvalue weighted by atomic mass is 10.1. The van der Waals surface area contributed by atoms with Gasteiger partial charge >= 0.3 is 23.7 Å². The van der Waals surface area contributed by atoms with Crippen LogP contribution < -0.4 is 16.6 Å². The molecule has 13 heteroatoms. The van der Waals surface area contributed by atoms with Gasteiger partial charge in [-0.25, -0.2) is 9.78 Å². The normalized spacial score (nSPS) is 12.5. The molecular formula is C24H28F3N5O5. The fraction of sp³-hybridized carbons (Fsp3) is 0.458. The maximum atomic E-state index is 13.4. The van der Waals surface area contributed by atoms with E-state index in [0.29, 0.717) is 19.3 Å². The number of aryl methyl sites for hydroxylation is 1. The highest BCUT2D eigenvalue weighted by atomic mass is 19.4. The van der Waals surface area contributed by atoms with Crippen LogP contribution in [0.5, 0.6) is 0 Å². The molecule has 2 heterocycles. The molecule has 1 N–H and O–H groups in total. The van der Waals surface area contributed by atoms with Gasteiger partial charge in [0, 0.05) is 27.1 Å². The first kappa shape index (κ1) is 27.7. The second-order valence-electron chi connectivity index (χ2n) is 8.67. The summed E-state index contributed by atoms with van der Waals surface area (Å²) in [5.74, 6) is -2.53. The lowest BCUT2D eigenvalue weighted by Crippen LogP contribution is -2.39. The van der Waals surface area contributed by atoms with Gasteiger partial charge in [0.05, 0.1) is 12.6 Å². The summed E-state index contributed by atoms with van der Waals surface area (Å²) < 4.78 is 46.9. The van der Waals surface area contributed by atoms with E-state index in [-0.39, 0.29) is 36.2 Å². The van der Waals surface area contributed by atoms with Crippen LogP contribution in [0.25, 0.3) is 11.2 Å². The Hall–Kier alpha value is -3.90. The number of aromatic nitrogens is 4. The first-order valence-electron chi connectivity index (χ1n) is 11.6. The Morgan fingerprint density at radius 2 is 1.78 bits per heavy atom. The van der Waals surface area contributed by atoms with Gasteiger partial charge in [0.15, 0.2) is 11.2 Å². The summed E-state index contributed by atoms with van der Waals surface area (Å²) in [6.45, 7) is 2.64. The maximum Gasteiger partial charge on any atom is 0.471 e. The predicted molar refractivity (Wildman–Crippen MR) is 128 cm³/mol. The predicted octanol–water partition coefficient (Wildman–Crippen LogP) is 2.25. The summed E-state index contributed by atoms with van der Waals surface area (Å²) >= 11 is 0. The summed E-state index contributed by atoms with van der Waals surface area (Å²) in [5.41, 5.74) is -0.481. The monoisotopic (exact) mass is 523 g/mol. The first-order valence-corrected chi connectivity index (χ1v) is 11.6. The number of halogens is 3. The van der Waals surface area contributed by atoms with Crippen molar-refractivity contribution < 1.29 is 27.5 Å². The van der Waals surface area contributed by atoms with Crippen molar-refractivity contribution in [2.24, 2.45) is 7.05 Å². The molecule has 0 bridgehead atoms. The molecule has 10 nitrogen and oxygen atoms in total. The third kappa shape index (κ3) is 6.66. The topological polar surface area (TPSA) is 117 Å². The van der Waals surface area contributed by atoms with E-state index in [9.17, 15) is 32.3 Å². The summed E-state index contributed by atoms with van der Waals surface area (Å²) in [6.07, 6.45) is -3.80. The average molecular weight is 524 g/mol. The van der Waals surface area contributed by atoms with Gasteiger partial charge in [-0.05, 0) is 31.7 Å². The Kier molecular flexibility index (Phi) is 8.56. The number of hydrogen-bond donors (Lipinski definition) is 1. The zero-order valence-electron chi connectivity index (χ0n) is 20.7. The first-order chi connectivity index (χ1) is 17.4. The van der Waals surface area contributed by atoms with Crippen LogP contribution in [0.4, 0.5) is 13.2 Å². The summed E-state index contributed by atoms with van der Waals surface area (Å²) in [6, 6.07) is 8.87. The SMILES string of the molecule is CC(=O)OC(C)CCCCn1c(=O)c2c(nc(CNC(=O)C(F)(F)F)n2Cc2ccccc2)n(C)c1=O. The van der Waals surface area contributed by atoms with Gasteiger partial charge in [-0.2, -0.15) is 13.2 Å². The summed E-state index contributed by atoms with van der Waals surface area (Å²) in [4.78, 5) is 53.1. The molecule has 2 aromatic heterocycles. The second kappa shape index (κ2) is 11.4. The fourth-order valence-electron chi connectivity index (χ4n) is 3.99. The van der Waals surface area contributed by atoms with E-state index in [0.717, 1.165) is 14.7 Å². The molecule has 0 aliphatic carbocycles.